The molecule has 2 amide bonds. The second-order valence-corrected chi connectivity index (χ2v) is 7.61. The number of hydrogen-bond acceptors (Lipinski definition) is 4. The van der Waals surface area contributed by atoms with E-state index in [1.165, 1.54) is 6.07 Å². The maximum Gasteiger partial charge on any atom is 0.225 e. The third-order valence-electron chi connectivity index (χ3n) is 5.45. The van der Waals surface area contributed by atoms with Crippen molar-refractivity contribution in [3.63, 3.8) is 0 Å². The highest BCUT2D eigenvalue weighted by molar-refractivity contribution is 5.89. The van der Waals surface area contributed by atoms with E-state index >= 15 is 0 Å². The lowest BCUT2D eigenvalue weighted by molar-refractivity contribution is -0.126. The quantitative estimate of drug-likeness (QED) is 0.702. The Morgan fingerprint density at radius 3 is 2.52 bits per heavy atom. The molecule has 0 spiro atoms. The van der Waals surface area contributed by atoms with Crippen LogP contribution in [0.2, 0.25) is 0 Å². The van der Waals surface area contributed by atoms with E-state index in [4.69, 9.17) is 0 Å². The minimum absolute atomic E-state index is 0.0748. The molecule has 3 N–H and O–H groups in total. The lowest BCUT2D eigenvalue weighted by atomic mass is 10.1. The Hall–Kier alpha value is -3.09. The van der Waals surface area contributed by atoms with Gasteiger partial charge in [0.15, 0.2) is 0 Å². The summed E-state index contributed by atoms with van der Waals surface area (Å²) in [5.74, 6) is -0.657. The summed E-state index contributed by atoms with van der Waals surface area (Å²) in [6, 6.07) is 12.8. The molecule has 0 saturated carbocycles. The molecule has 0 aromatic heterocycles. The number of hydrogen-bond donors (Lipinski definition) is 3. The standard InChI is InChI=1S/C22H25FN4O2/c23-19-8-7-18(12-20(19)27-9-1-2-10-27)26-17-5-3-15(4-6-17)13-25-22(29)16-11-21(28)24-14-16/h3-8,12,16,26H,1-2,9-11,13-14H2,(H,24,28)(H,25,29). The van der Waals surface area contributed by atoms with Gasteiger partial charge in [0.05, 0.1) is 11.6 Å². The molecule has 2 heterocycles. The van der Waals surface area contributed by atoms with Crippen molar-refractivity contribution in [2.75, 3.05) is 29.9 Å². The Kier molecular flexibility index (Phi) is 5.64. The van der Waals surface area contributed by atoms with Crippen LogP contribution in [0.4, 0.5) is 21.5 Å². The first-order valence-electron chi connectivity index (χ1n) is 10.0. The largest absolute Gasteiger partial charge is 0.369 e. The molecular formula is C22H25FN4O2. The Labute approximate surface area is 169 Å². The molecule has 29 heavy (non-hydrogen) atoms. The van der Waals surface area contributed by atoms with E-state index in [2.05, 4.69) is 20.9 Å². The van der Waals surface area contributed by atoms with Gasteiger partial charge in [-0.2, -0.15) is 0 Å². The van der Waals surface area contributed by atoms with Gasteiger partial charge in [-0.15, -0.1) is 0 Å². The van der Waals surface area contributed by atoms with E-state index in [1.807, 2.05) is 30.3 Å². The summed E-state index contributed by atoms with van der Waals surface area (Å²) < 4.78 is 14.2. The molecule has 2 aromatic carbocycles. The van der Waals surface area contributed by atoms with Gasteiger partial charge in [0.2, 0.25) is 11.8 Å². The predicted molar refractivity (Wildman–Crippen MR) is 111 cm³/mol. The fourth-order valence-electron chi connectivity index (χ4n) is 3.79. The lowest BCUT2D eigenvalue weighted by Crippen LogP contribution is -2.31. The number of rotatable bonds is 6. The Balaban J connectivity index is 1.34. The summed E-state index contributed by atoms with van der Waals surface area (Å²) in [4.78, 5) is 25.4. The first kappa shape index (κ1) is 19.2. The van der Waals surface area contributed by atoms with Crippen LogP contribution in [0.1, 0.15) is 24.8 Å². The molecule has 2 aromatic rings. The monoisotopic (exact) mass is 396 g/mol. The smallest absolute Gasteiger partial charge is 0.225 e. The molecule has 2 saturated heterocycles. The highest BCUT2D eigenvalue weighted by Gasteiger charge is 2.27. The van der Waals surface area contributed by atoms with E-state index in [-0.39, 0.29) is 30.0 Å². The number of benzene rings is 2. The number of nitrogens with one attached hydrogen (secondary N) is 3. The second kappa shape index (κ2) is 8.51. The van der Waals surface area contributed by atoms with Crippen molar-refractivity contribution in [2.24, 2.45) is 5.92 Å². The van der Waals surface area contributed by atoms with Crippen molar-refractivity contribution in [1.82, 2.24) is 10.6 Å². The third-order valence-corrected chi connectivity index (χ3v) is 5.45. The van der Waals surface area contributed by atoms with Crippen LogP contribution in [-0.4, -0.2) is 31.4 Å². The number of nitrogens with zero attached hydrogens (tertiary/aromatic N) is 1. The van der Waals surface area contributed by atoms with Crippen LogP contribution in [0, 0.1) is 11.7 Å². The second-order valence-electron chi connectivity index (χ2n) is 7.61. The van der Waals surface area contributed by atoms with Gasteiger partial charge in [-0.1, -0.05) is 12.1 Å². The van der Waals surface area contributed by atoms with Crippen LogP contribution in [0.15, 0.2) is 42.5 Å². The van der Waals surface area contributed by atoms with Crippen molar-refractivity contribution in [2.45, 2.75) is 25.8 Å². The van der Waals surface area contributed by atoms with Crippen LogP contribution < -0.4 is 20.9 Å². The van der Waals surface area contributed by atoms with E-state index in [9.17, 15) is 14.0 Å². The lowest BCUT2D eigenvalue weighted by Gasteiger charge is -2.19. The zero-order valence-corrected chi connectivity index (χ0v) is 16.2. The molecule has 1 atom stereocenters. The molecule has 6 nitrogen and oxygen atoms in total. The maximum atomic E-state index is 14.2. The van der Waals surface area contributed by atoms with Gasteiger partial charge in [-0.25, -0.2) is 4.39 Å². The van der Waals surface area contributed by atoms with Gasteiger partial charge in [-0.3, -0.25) is 9.59 Å². The molecule has 7 heteroatoms. The Bertz CT molecular complexity index is 894. The molecule has 152 valence electrons. The summed E-state index contributed by atoms with van der Waals surface area (Å²) in [6.45, 7) is 2.61. The highest BCUT2D eigenvalue weighted by atomic mass is 19.1. The van der Waals surface area contributed by atoms with Crippen LogP contribution >= 0.6 is 0 Å². The summed E-state index contributed by atoms with van der Waals surface area (Å²) in [7, 11) is 0. The van der Waals surface area contributed by atoms with Crippen molar-refractivity contribution in [1.29, 1.82) is 0 Å². The Morgan fingerprint density at radius 2 is 1.83 bits per heavy atom. The van der Waals surface area contributed by atoms with Gasteiger partial charge in [0.1, 0.15) is 5.82 Å². The van der Waals surface area contributed by atoms with Crippen LogP contribution in [0.25, 0.3) is 0 Å². The van der Waals surface area contributed by atoms with Gasteiger partial charge in [-0.05, 0) is 48.7 Å². The first-order chi connectivity index (χ1) is 14.1. The first-order valence-corrected chi connectivity index (χ1v) is 10.0. The van der Waals surface area contributed by atoms with E-state index < -0.39 is 0 Å². The number of carbonyl (C=O) groups is 2. The minimum atomic E-state index is -0.285. The summed E-state index contributed by atoms with van der Waals surface area (Å²) in [6.07, 6.45) is 2.46. The molecule has 1 unspecified atom stereocenters. The van der Waals surface area contributed by atoms with Crippen molar-refractivity contribution in [3.05, 3.63) is 53.8 Å². The van der Waals surface area contributed by atoms with Crippen molar-refractivity contribution >= 4 is 28.9 Å². The van der Waals surface area contributed by atoms with E-state index in [0.717, 1.165) is 42.9 Å². The molecular weight excluding hydrogens is 371 g/mol. The minimum Gasteiger partial charge on any atom is -0.369 e. The summed E-state index contributed by atoms with van der Waals surface area (Å²) >= 11 is 0. The SMILES string of the molecule is O=C1CC(C(=O)NCc2ccc(Nc3ccc(F)c(N4CCCC4)c3)cc2)CN1. The maximum absolute atomic E-state index is 14.2. The zero-order valence-electron chi connectivity index (χ0n) is 16.2. The number of anilines is 3. The van der Waals surface area contributed by atoms with Crippen LogP contribution in [0.5, 0.6) is 0 Å². The number of halogens is 1. The summed E-state index contributed by atoms with van der Waals surface area (Å²) in [5.41, 5.74) is 3.35. The number of amides is 2. The normalized spacial score (nSPS) is 18.6. The van der Waals surface area contributed by atoms with Gasteiger partial charge < -0.3 is 20.9 Å². The third kappa shape index (κ3) is 4.67. The molecule has 2 aliphatic rings. The molecule has 0 radical (unpaired) electrons. The topological polar surface area (TPSA) is 73.5 Å². The molecule has 4 rings (SSSR count). The van der Waals surface area contributed by atoms with Crippen LogP contribution in [-0.2, 0) is 16.1 Å². The van der Waals surface area contributed by atoms with E-state index in [0.29, 0.717) is 18.8 Å². The molecule has 0 aliphatic carbocycles. The highest BCUT2D eigenvalue weighted by Crippen LogP contribution is 2.28. The Morgan fingerprint density at radius 1 is 1.10 bits per heavy atom. The predicted octanol–water partition coefficient (Wildman–Crippen LogP) is 2.92. The molecule has 2 fully saturated rings. The molecule has 0 bridgehead atoms. The van der Waals surface area contributed by atoms with E-state index in [1.54, 1.807) is 6.07 Å². The van der Waals surface area contributed by atoms with Gasteiger partial charge in [0.25, 0.3) is 0 Å². The fourth-order valence-corrected chi connectivity index (χ4v) is 3.79. The van der Waals surface area contributed by atoms with Gasteiger partial charge in [0, 0.05) is 44.0 Å². The van der Waals surface area contributed by atoms with Crippen molar-refractivity contribution in [3.8, 4) is 0 Å². The number of carbonyl (C=O) groups excluding carboxylic acids is 2. The van der Waals surface area contributed by atoms with Gasteiger partial charge >= 0.3 is 0 Å². The van der Waals surface area contributed by atoms with Crippen LogP contribution in [0.3, 0.4) is 0 Å². The average molecular weight is 396 g/mol. The zero-order chi connectivity index (χ0) is 20.2. The molecule has 2 aliphatic heterocycles. The van der Waals surface area contributed by atoms with Crippen molar-refractivity contribution < 1.29 is 14.0 Å². The average Bonchev–Trinajstić information content (AvgIpc) is 3.41. The fraction of sp³-hybridized carbons (Fsp3) is 0.364. The summed E-state index contributed by atoms with van der Waals surface area (Å²) in [5, 5.41) is 8.86.